The molecule has 0 unspecified atom stereocenters. The average Bonchev–Trinajstić information content (AvgIpc) is 2.29. The number of nitrogens with one attached hydrogen (secondary N) is 1. The van der Waals surface area contributed by atoms with E-state index in [0.717, 1.165) is 11.1 Å². The first-order valence-corrected chi connectivity index (χ1v) is 6.37. The number of rotatable bonds is 6. The summed E-state index contributed by atoms with van der Waals surface area (Å²) in [7, 11) is 0. The Balaban J connectivity index is 2.55. The number of benzene rings is 1. The van der Waals surface area contributed by atoms with E-state index in [0.29, 0.717) is 12.8 Å². The van der Waals surface area contributed by atoms with Crippen LogP contribution in [-0.2, 0) is 16.0 Å². The van der Waals surface area contributed by atoms with Crippen LogP contribution in [0.25, 0.3) is 0 Å². The van der Waals surface area contributed by atoms with Gasteiger partial charge in [0.15, 0.2) is 0 Å². The minimum absolute atomic E-state index is 0.0532. The number of aliphatic carboxylic acids is 1. The predicted octanol–water partition coefficient (Wildman–Crippen LogP) is 2.30. The van der Waals surface area contributed by atoms with Gasteiger partial charge in [0, 0.05) is 12.0 Å². The first-order valence-electron chi connectivity index (χ1n) is 6.37. The van der Waals surface area contributed by atoms with E-state index in [1.165, 1.54) is 0 Å². The number of carboxylic acid groups (broad SMARTS) is 1. The molecule has 0 saturated heterocycles. The predicted molar refractivity (Wildman–Crippen MR) is 74.0 cm³/mol. The van der Waals surface area contributed by atoms with Crippen LogP contribution in [0.3, 0.4) is 0 Å². The Morgan fingerprint density at radius 2 is 1.89 bits per heavy atom. The van der Waals surface area contributed by atoms with E-state index < -0.39 is 11.5 Å². The van der Waals surface area contributed by atoms with Crippen LogP contribution < -0.4 is 5.32 Å². The lowest BCUT2D eigenvalue weighted by molar-refractivity contribution is -0.137. The summed E-state index contributed by atoms with van der Waals surface area (Å²) in [5, 5.41) is 11.6. The maximum atomic E-state index is 12.0. The molecule has 1 rings (SSSR count). The van der Waals surface area contributed by atoms with Gasteiger partial charge in [-0.25, -0.2) is 0 Å². The first-order chi connectivity index (χ1) is 8.80. The van der Waals surface area contributed by atoms with Crippen molar-refractivity contribution < 1.29 is 14.7 Å². The Hall–Kier alpha value is -1.84. The van der Waals surface area contributed by atoms with Crippen molar-refractivity contribution in [2.75, 3.05) is 0 Å². The molecule has 0 radical (unpaired) electrons. The van der Waals surface area contributed by atoms with Gasteiger partial charge in [0.1, 0.15) is 0 Å². The van der Waals surface area contributed by atoms with Crippen LogP contribution in [0.1, 0.15) is 37.8 Å². The number of hydrogen-bond donors (Lipinski definition) is 2. The number of amides is 1. The summed E-state index contributed by atoms with van der Waals surface area (Å²) in [4.78, 5) is 22.5. The standard InChI is InChI=1S/C15H21NO3/c1-11-6-4-5-7-12(11)10-13(17)16-15(2,3)9-8-14(18)19/h4-7H,8-10H2,1-3H3,(H,16,17)(H,18,19). The second-order valence-corrected chi connectivity index (χ2v) is 5.43. The third-order valence-corrected chi connectivity index (χ3v) is 3.05. The van der Waals surface area contributed by atoms with Gasteiger partial charge in [0.2, 0.25) is 5.91 Å². The summed E-state index contributed by atoms with van der Waals surface area (Å²) < 4.78 is 0. The molecule has 1 amide bonds. The van der Waals surface area contributed by atoms with Gasteiger partial charge >= 0.3 is 5.97 Å². The Kier molecular flexibility index (Phi) is 5.10. The molecular weight excluding hydrogens is 242 g/mol. The molecule has 0 aliphatic heterocycles. The van der Waals surface area contributed by atoms with Crippen molar-refractivity contribution >= 4 is 11.9 Å². The molecule has 19 heavy (non-hydrogen) atoms. The lowest BCUT2D eigenvalue weighted by Crippen LogP contribution is -2.44. The zero-order chi connectivity index (χ0) is 14.5. The Morgan fingerprint density at radius 3 is 2.47 bits per heavy atom. The highest BCUT2D eigenvalue weighted by Crippen LogP contribution is 2.13. The van der Waals surface area contributed by atoms with Crippen molar-refractivity contribution in [3.63, 3.8) is 0 Å². The van der Waals surface area contributed by atoms with Crippen molar-refractivity contribution in [2.45, 2.75) is 45.6 Å². The fraction of sp³-hybridized carbons (Fsp3) is 0.467. The van der Waals surface area contributed by atoms with E-state index in [2.05, 4.69) is 5.32 Å². The molecule has 4 heteroatoms. The van der Waals surface area contributed by atoms with Crippen molar-refractivity contribution in [3.05, 3.63) is 35.4 Å². The van der Waals surface area contributed by atoms with E-state index in [4.69, 9.17) is 5.11 Å². The molecule has 0 atom stereocenters. The molecule has 0 spiro atoms. The molecule has 0 saturated carbocycles. The van der Waals surface area contributed by atoms with Crippen LogP contribution in [0.15, 0.2) is 24.3 Å². The van der Waals surface area contributed by atoms with Gasteiger partial charge < -0.3 is 10.4 Å². The molecule has 1 aromatic rings. The quantitative estimate of drug-likeness (QED) is 0.827. The monoisotopic (exact) mass is 263 g/mol. The molecular formula is C15H21NO3. The first kappa shape index (κ1) is 15.2. The van der Waals surface area contributed by atoms with Crippen LogP contribution >= 0.6 is 0 Å². The summed E-state index contributed by atoms with van der Waals surface area (Å²) >= 11 is 0. The molecule has 0 bridgehead atoms. The second-order valence-electron chi connectivity index (χ2n) is 5.43. The number of carboxylic acids is 1. The topological polar surface area (TPSA) is 66.4 Å². The maximum Gasteiger partial charge on any atom is 0.303 e. The smallest absolute Gasteiger partial charge is 0.303 e. The molecule has 2 N–H and O–H groups in total. The summed E-state index contributed by atoms with van der Waals surface area (Å²) in [5.74, 6) is -0.925. The highest BCUT2D eigenvalue weighted by molar-refractivity contribution is 5.79. The molecule has 4 nitrogen and oxygen atoms in total. The Labute approximate surface area is 113 Å². The third kappa shape index (κ3) is 5.55. The second kappa shape index (κ2) is 6.36. The van der Waals surface area contributed by atoms with Crippen molar-refractivity contribution in [1.29, 1.82) is 0 Å². The number of carbonyl (C=O) groups excluding carboxylic acids is 1. The van der Waals surface area contributed by atoms with Crippen molar-refractivity contribution in [1.82, 2.24) is 5.32 Å². The Bertz CT molecular complexity index is 466. The van der Waals surface area contributed by atoms with Gasteiger partial charge in [-0.15, -0.1) is 0 Å². The SMILES string of the molecule is Cc1ccccc1CC(=O)NC(C)(C)CCC(=O)O. The van der Waals surface area contributed by atoms with Crippen LogP contribution in [0.2, 0.25) is 0 Å². The molecule has 1 aromatic carbocycles. The maximum absolute atomic E-state index is 12.0. The lowest BCUT2D eigenvalue weighted by atomic mass is 9.97. The van der Waals surface area contributed by atoms with Gasteiger partial charge in [-0.3, -0.25) is 9.59 Å². The molecule has 0 aliphatic carbocycles. The fourth-order valence-corrected chi connectivity index (χ4v) is 1.88. The number of hydrogen-bond acceptors (Lipinski definition) is 2. The minimum Gasteiger partial charge on any atom is -0.481 e. The number of carbonyl (C=O) groups is 2. The van der Waals surface area contributed by atoms with Crippen molar-refractivity contribution in [2.24, 2.45) is 0 Å². The molecule has 0 aliphatic rings. The van der Waals surface area contributed by atoms with Crippen LogP contribution in [-0.4, -0.2) is 22.5 Å². The van der Waals surface area contributed by atoms with E-state index in [1.54, 1.807) is 0 Å². The van der Waals surface area contributed by atoms with E-state index >= 15 is 0 Å². The molecule has 0 heterocycles. The van der Waals surface area contributed by atoms with E-state index in [1.807, 2.05) is 45.0 Å². The molecule has 0 aromatic heterocycles. The van der Waals surface area contributed by atoms with Crippen LogP contribution in [0.4, 0.5) is 0 Å². The van der Waals surface area contributed by atoms with Gasteiger partial charge in [0.25, 0.3) is 0 Å². The van der Waals surface area contributed by atoms with Gasteiger partial charge in [-0.05, 0) is 38.3 Å². The molecule has 104 valence electrons. The van der Waals surface area contributed by atoms with Crippen LogP contribution in [0, 0.1) is 6.92 Å². The lowest BCUT2D eigenvalue weighted by Gasteiger charge is -2.25. The summed E-state index contributed by atoms with van der Waals surface area (Å²) in [6, 6.07) is 7.75. The summed E-state index contributed by atoms with van der Waals surface area (Å²) in [6.07, 6.45) is 0.794. The largest absolute Gasteiger partial charge is 0.481 e. The zero-order valence-corrected chi connectivity index (χ0v) is 11.7. The van der Waals surface area contributed by atoms with Crippen molar-refractivity contribution in [3.8, 4) is 0 Å². The normalized spacial score (nSPS) is 11.1. The van der Waals surface area contributed by atoms with Gasteiger partial charge in [-0.2, -0.15) is 0 Å². The van der Waals surface area contributed by atoms with Gasteiger partial charge in [0.05, 0.1) is 6.42 Å². The summed E-state index contributed by atoms with van der Waals surface area (Å²) in [5.41, 5.74) is 1.58. The highest BCUT2D eigenvalue weighted by Gasteiger charge is 2.21. The van der Waals surface area contributed by atoms with Crippen LogP contribution in [0.5, 0.6) is 0 Å². The zero-order valence-electron chi connectivity index (χ0n) is 11.7. The van der Waals surface area contributed by atoms with E-state index in [-0.39, 0.29) is 12.3 Å². The fourth-order valence-electron chi connectivity index (χ4n) is 1.88. The van der Waals surface area contributed by atoms with E-state index in [9.17, 15) is 9.59 Å². The Morgan fingerprint density at radius 1 is 1.26 bits per heavy atom. The average molecular weight is 263 g/mol. The minimum atomic E-state index is -0.846. The molecule has 0 fully saturated rings. The summed E-state index contributed by atoms with van der Waals surface area (Å²) in [6.45, 7) is 5.65. The number of aryl methyl sites for hydroxylation is 1. The van der Waals surface area contributed by atoms with Gasteiger partial charge in [-0.1, -0.05) is 24.3 Å². The third-order valence-electron chi connectivity index (χ3n) is 3.05. The highest BCUT2D eigenvalue weighted by atomic mass is 16.4.